The summed E-state index contributed by atoms with van der Waals surface area (Å²) >= 11 is 1.42. The minimum atomic E-state index is -0.927. The first kappa shape index (κ1) is 13.6. The quantitative estimate of drug-likeness (QED) is 0.820. The monoisotopic (exact) mass is 279 g/mol. The summed E-state index contributed by atoms with van der Waals surface area (Å²) in [5, 5.41) is 13.0. The summed E-state index contributed by atoms with van der Waals surface area (Å²) in [6.07, 6.45) is 0. The maximum atomic E-state index is 11.1. The first-order valence-electron chi connectivity index (χ1n) is 5.59. The fourth-order valence-electron chi connectivity index (χ4n) is 1.55. The van der Waals surface area contributed by atoms with Gasteiger partial charge in [-0.15, -0.1) is 11.8 Å². The molecule has 2 rings (SSSR count). The van der Waals surface area contributed by atoms with Crippen LogP contribution in [-0.4, -0.2) is 23.3 Å². The first-order valence-corrected chi connectivity index (χ1v) is 6.58. The summed E-state index contributed by atoms with van der Waals surface area (Å²) in [6, 6.07) is 8.70. The van der Waals surface area contributed by atoms with E-state index in [9.17, 15) is 4.79 Å². The van der Waals surface area contributed by atoms with E-state index < -0.39 is 5.97 Å². The van der Waals surface area contributed by atoms with E-state index in [-0.39, 0.29) is 0 Å². The Labute approximate surface area is 114 Å². The highest BCUT2D eigenvalue weighted by Crippen LogP contribution is 2.26. The van der Waals surface area contributed by atoms with Crippen molar-refractivity contribution < 1.29 is 19.2 Å². The van der Waals surface area contributed by atoms with Crippen molar-refractivity contribution in [2.24, 2.45) is 0 Å². The van der Waals surface area contributed by atoms with Gasteiger partial charge in [0.1, 0.15) is 6.61 Å². The van der Waals surface area contributed by atoms with Gasteiger partial charge in [0.05, 0.1) is 11.3 Å². The summed E-state index contributed by atoms with van der Waals surface area (Å²) in [4.78, 5) is 11.8. The molecule has 0 saturated carbocycles. The largest absolute Gasteiger partial charge is 0.478 e. The molecule has 0 aliphatic heterocycles. The third-order valence-electron chi connectivity index (χ3n) is 2.39. The summed E-state index contributed by atoms with van der Waals surface area (Å²) in [6.45, 7) is 0.378. The summed E-state index contributed by atoms with van der Waals surface area (Å²) in [7, 11) is 1.58. The van der Waals surface area contributed by atoms with Gasteiger partial charge in [-0.3, -0.25) is 0 Å². The summed E-state index contributed by atoms with van der Waals surface area (Å²) in [5.74, 6) is 0.283. The number of nitrogens with zero attached hydrogens (tertiary/aromatic N) is 1. The second-order valence-electron chi connectivity index (χ2n) is 3.81. The molecule has 0 aliphatic carbocycles. The van der Waals surface area contributed by atoms with E-state index in [0.717, 1.165) is 5.69 Å². The molecule has 100 valence electrons. The van der Waals surface area contributed by atoms with Crippen molar-refractivity contribution >= 4 is 17.7 Å². The van der Waals surface area contributed by atoms with Crippen molar-refractivity contribution in [2.45, 2.75) is 17.3 Å². The Balaban J connectivity index is 2.03. The number of thioether (sulfide) groups is 1. The standard InChI is InChI=1S/C13H13NO4S/c1-17-7-10-6-9(14-18-10)8-19-12-5-3-2-4-11(12)13(15)16/h2-6H,7-8H2,1H3,(H,15,16). The maximum absolute atomic E-state index is 11.1. The molecule has 1 heterocycles. The zero-order chi connectivity index (χ0) is 13.7. The molecular weight excluding hydrogens is 266 g/mol. The Morgan fingerprint density at radius 1 is 1.47 bits per heavy atom. The highest BCUT2D eigenvalue weighted by molar-refractivity contribution is 7.98. The SMILES string of the molecule is COCc1cc(CSc2ccccc2C(=O)O)no1. The Hall–Kier alpha value is -1.79. The number of rotatable bonds is 6. The van der Waals surface area contributed by atoms with E-state index in [1.165, 1.54) is 11.8 Å². The van der Waals surface area contributed by atoms with Gasteiger partial charge in [0.25, 0.3) is 0 Å². The first-order chi connectivity index (χ1) is 9.20. The van der Waals surface area contributed by atoms with Crippen molar-refractivity contribution in [1.29, 1.82) is 0 Å². The minimum Gasteiger partial charge on any atom is -0.478 e. The molecule has 1 aromatic carbocycles. The molecule has 2 aromatic rings. The number of aromatic carboxylic acids is 1. The number of carboxylic acids is 1. The molecule has 0 aliphatic rings. The van der Waals surface area contributed by atoms with Crippen LogP contribution in [0.25, 0.3) is 0 Å². The predicted molar refractivity (Wildman–Crippen MR) is 70.2 cm³/mol. The maximum Gasteiger partial charge on any atom is 0.336 e. The minimum absolute atomic E-state index is 0.299. The van der Waals surface area contributed by atoms with Crippen molar-refractivity contribution in [3.05, 3.63) is 47.3 Å². The molecule has 5 nitrogen and oxygen atoms in total. The lowest BCUT2D eigenvalue weighted by molar-refractivity contribution is 0.0693. The molecule has 1 aromatic heterocycles. The van der Waals surface area contributed by atoms with E-state index >= 15 is 0 Å². The number of carbonyl (C=O) groups is 1. The molecule has 19 heavy (non-hydrogen) atoms. The highest BCUT2D eigenvalue weighted by atomic mass is 32.2. The van der Waals surface area contributed by atoms with Crippen molar-refractivity contribution in [1.82, 2.24) is 5.16 Å². The number of carboxylic acid groups (broad SMARTS) is 1. The van der Waals surface area contributed by atoms with Crippen molar-refractivity contribution in [3.63, 3.8) is 0 Å². The number of ether oxygens (including phenoxy) is 1. The normalized spacial score (nSPS) is 10.6. The van der Waals surface area contributed by atoms with E-state index in [2.05, 4.69) is 5.16 Å². The molecule has 1 N–H and O–H groups in total. The third kappa shape index (κ3) is 3.59. The zero-order valence-corrected chi connectivity index (χ0v) is 11.1. The topological polar surface area (TPSA) is 72.6 Å². The third-order valence-corrected chi connectivity index (χ3v) is 3.49. The molecule has 0 spiro atoms. The Kier molecular flexibility index (Phi) is 4.59. The highest BCUT2D eigenvalue weighted by Gasteiger charge is 2.11. The van der Waals surface area contributed by atoms with Gasteiger partial charge in [-0.1, -0.05) is 17.3 Å². The van der Waals surface area contributed by atoms with Crippen molar-refractivity contribution in [3.8, 4) is 0 Å². The van der Waals surface area contributed by atoms with E-state index in [0.29, 0.717) is 28.6 Å². The van der Waals surface area contributed by atoms with Crippen molar-refractivity contribution in [2.75, 3.05) is 7.11 Å². The molecule has 6 heteroatoms. The number of hydrogen-bond donors (Lipinski definition) is 1. The summed E-state index contributed by atoms with van der Waals surface area (Å²) < 4.78 is 10.0. The lowest BCUT2D eigenvalue weighted by atomic mass is 10.2. The van der Waals surface area contributed by atoms with Gasteiger partial charge in [0.15, 0.2) is 5.76 Å². The number of aromatic nitrogens is 1. The summed E-state index contributed by atoms with van der Waals surface area (Å²) in [5.41, 5.74) is 1.06. The van der Waals surface area contributed by atoms with Gasteiger partial charge in [-0.25, -0.2) is 4.79 Å². The van der Waals surface area contributed by atoms with E-state index in [1.807, 2.05) is 6.07 Å². The smallest absolute Gasteiger partial charge is 0.336 e. The number of hydrogen-bond acceptors (Lipinski definition) is 5. The van der Waals surface area contributed by atoms with Crippen LogP contribution in [0.15, 0.2) is 39.8 Å². The molecule has 0 unspecified atom stereocenters. The van der Waals surface area contributed by atoms with Crippen LogP contribution in [0.5, 0.6) is 0 Å². The number of benzene rings is 1. The Morgan fingerprint density at radius 2 is 2.26 bits per heavy atom. The van der Waals surface area contributed by atoms with Crippen LogP contribution in [0.4, 0.5) is 0 Å². The fourth-order valence-corrected chi connectivity index (χ4v) is 2.48. The lowest BCUT2D eigenvalue weighted by Crippen LogP contribution is -1.98. The van der Waals surface area contributed by atoms with Crippen LogP contribution < -0.4 is 0 Å². The van der Waals surface area contributed by atoms with Gasteiger partial charge < -0.3 is 14.4 Å². The molecule has 0 bridgehead atoms. The van der Waals surface area contributed by atoms with Gasteiger partial charge in [0.2, 0.25) is 0 Å². The fraction of sp³-hybridized carbons (Fsp3) is 0.231. The zero-order valence-electron chi connectivity index (χ0n) is 10.3. The van der Waals surface area contributed by atoms with Crippen LogP contribution in [0.2, 0.25) is 0 Å². The molecular formula is C13H13NO4S. The van der Waals surface area contributed by atoms with Gasteiger partial charge in [-0.05, 0) is 12.1 Å². The molecule has 0 atom stereocenters. The van der Waals surface area contributed by atoms with Crippen LogP contribution in [0, 0.1) is 0 Å². The van der Waals surface area contributed by atoms with Gasteiger partial charge in [0, 0.05) is 23.8 Å². The van der Waals surface area contributed by atoms with E-state index in [4.69, 9.17) is 14.4 Å². The van der Waals surface area contributed by atoms with Crippen LogP contribution in [0.3, 0.4) is 0 Å². The Morgan fingerprint density at radius 3 is 3.00 bits per heavy atom. The van der Waals surface area contributed by atoms with Crippen LogP contribution in [0.1, 0.15) is 21.8 Å². The van der Waals surface area contributed by atoms with Crippen LogP contribution in [-0.2, 0) is 17.1 Å². The van der Waals surface area contributed by atoms with Gasteiger partial charge in [-0.2, -0.15) is 0 Å². The lowest BCUT2D eigenvalue weighted by Gasteiger charge is -2.03. The average Bonchev–Trinajstić information content (AvgIpc) is 2.85. The second kappa shape index (κ2) is 6.40. The molecule has 0 fully saturated rings. The predicted octanol–water partition coefficient (Wildman–Crippen LogP) is 2.81. The number of methoxy groups -OCH3 is 1. The average molecular weight is 279 g/mol. The molecule has 0 saturated heterocycles. The Bertz CT molecular complexity index is 567. The van der Waals surface area contributed by atoms with Crippen LogP contribution >= 0.6 is 11.8 Å². The molecule has 0 radical (unpaired) electrons. The van der Waals surface area contributed by atoms with Gasteiger partial charge >= 0.3 is 5.97 Å². The second-order valence-corrected chi connectivity index (χ2v) is 4.82. The molecule has 0 amide bonds. The van der Waals surface area contributed by atoms with E-state index in [1.54, 1.807) is 31.4 Å².